The number of aromatic nitrogens is 2. The molecule has 41 heavy (non-hydrogen) atoms. The average molecular weight is 604 g/mol. The lowest BCUT2D eigenvalue weighted by Gasteiger charge is -2.31. The molecule has 2 heterocycles. The van der Waals surface area contributed by atoms with Gasteiger partial charge in [-0.25, -0.2) is 14.8 Å². The van der Waals surface area contributed by atoms with Crippen LogP contribution in [0.4, 0.5) is 26.3 Å². The number of halogens is 7. The van der Waals surface area contributed by atoms with E-state index in [2.05, 4.69) is 32.1 Å². The van der Waals surface area contributed by atoms with E-state index in [-0.39, 0.29) is 23.9 Å². The van der Waals surface area contributed by atoms with E-state index in [1.807, 2.05) is 6.07 Å². The molecule has 1 aromatic heterocycles. The standard InChI is InChI=1S/C17H19ClN4O2.C10H9F6N/c1-21-6-8-22(9-7-21)11-15-19-10-13(16(20-15)17(23)24)12-4-2-3-5-14(12)18;1-17-5-6-2-7(9(11,12)13)4-8(3-6)10(14,15)16/h2-5,10H,6-9,11H2,1H3,(H,23,24);2-4,17H,5H2,1H3. The van der Waals surface area contributed by atoms with Gasteiger partial charge in [0, 0.05) is 55.1 Å². The molecular weight excluding hydrogens is 576 g/mol. The Morgan fingerprint density at radius 3 is 2.07 bits per heavy atom. The molecule has 1 aliphatic heterocycles. The third kappa shape index (κ3) is 9.12. The molecule has 0 bridgehead atoms. The molecule has 7 nitrogen and oxygen atoms in total. The SMILES string of the molecule is CN1CCN(Cc2ncc(-c3ccccc3Cl)c(C(=O)O)n2)CC1.CNCc1cc(C(F)(F)F)cc(C(F)(F)F)c1. The number of hydrogen-bond acceptors (Lipinski definition) is 6. The van der Waals surface area contributed by atoms with Gasteiger partial charge in [-0.05, 0) is 43.9 Å². The third-order valence-corrected chi connectivity index (χ3v) is 6.52. The topological polar surface area (TPSA) is 81.6 Å². The van der Waals surface area contributed by atoms with Crippen molar-refractivity contribution in [2.24, 2.45) is 0 Å². The first kappa shape index (κ1) is 32.3. The van der Waals surface area contributed by atoms with Crippen molar-refractivity contribution in [2.45, 2.75) is 25.4 Å². The van der Waals surface area contributed by atoms with Crippen LogP contribution in [0.1, 0.15) is 33.0 Å². The van der Waals surface area contributed by atoms with E-state index in [4.69, 9.17) is 11.6 Å². The molecule has 3 aromatic rings. The highest BCUT2D eigenvalue weighted by Crippen LogP contribution is 2.36. The van der Waals surface area contributed by atoms with Crippen LogP contribution >= 0.6 is 11.6 Å². The summed E-state index contributed by atoms with van der Waals surface area (Å²) in [6.07, 6.45) is -8.02. The van der Waals surface area contributed by atoms with Crippen LogP contribution < -0.4 is 5.32 Å². The number of benzene rings is 2. The van der Waals surface area contributed by atoms with E-state index in [0.29, 0.717) is 40.7 Å². The Bertz CT molecular complexity index is 1310. The number of piperazine rings is 1. The Kier molecular flexibility index (Phi) is 10.7. The lowest BCUT2D eigenvalue weighted by molar-refractivity contribution is -0.143. The Hall–Kier alpha value is -3.26. The van der Waals surface area contributed by atoms with Crippen molar-refractivity contribution in [2.75, 3.05) is 40.3 Å². The van der Waals surface area contributed by atoms with Gasteiger partial charge in [0.25, 0.3) is 0 Å². The smallest absolute Gasteiger partial charge is 0.416 e. The van der Waals surface area contributed by atoms with Gasteiger partial charge in [-0.15, -0.1) is 0 Å². The summed E-state index contributed by atoms with van der Waals surface area (Å²) in [4.78, 5) is 24.8. The number of nitrogens with one attached hydrogen (secondary N) is 1. The van der Waals surface area contributed by atoms with Crippen molar-refractivity contribution in [1.29, 1.82) is 0 Å². The molecule has 14 heteroatoms. The molecule has 222 valence electrons. The molecule has 1 fully saturated rings. The van der Waals surface area contributed by atoms with E-state index in [9.17, 15) is 36.2 Å². The molecule has 0 unspecified atom stereocenters. The van der Waals surface area contributed by atoms with Gasteiger partial charge in [0.15, 0.2) is 5.69 Å². The first-order valence-electron chi connectivity index (χ1n) is 12.4. The third-order valence-electron chi connectivity index (χ3n) is 6.19. The molecule has 1 aliphatic rings. The minimum atomic E-state index is -4.79. The van der Waals surface area contributed by atoms with Crippen molar-refractivity contribution in [1.82, 2.24) is 25.1 Å². The molecule has 0 saturated carbocycles. The molecule has 4 rings (SSSR count). The second-order valence-corrected chi connectivity index (χ2v) is 9.76. The fourth-order valence-electron chi connectivity index (χ4n) is 4.07. The van der Waals surface area contributed by atoms with Crippen molar-refractivity contribution >= 4 is 17.6 Å². The van der Waals surface area contributed by atoms with Gasteiger partial charge in [-0.1, -0.05) is 29.8 Å². The fraction of sp³-hybridized carbons (Fsp3) is 0.370. The summed E-state index contributed by atoms with van der Waals surface area (Å²) in [5.74, 6) is -0.556. The summed E-state index contributed by atoms with van der Waals surface area (Å²) in [5, 5.41) is 12.5. The Morgan fingerprint density at radius 1 is 0.976 bits per heavy atom. The van der Waals surface area contributed by atoms with Crippen molar-refractivity contribution in [3.05, 3.63) is 81.9 Å². The number of hydrogen-bond donors (Lipinski definition) is 2. The Morgan fingerprint density at radius 2 is 1.56 bits per heavy atom. The first-order chi connectivity index (χ1) is 19.2. The van der Waals surface area contributed by atoms with Gasteiger partial charge in [-0.2, -0.15) is 26.3 Å². The van der Waals surface area contributed by atoms with Crippen molar-refractivity contribution in [3.8, 4) is 11.1 Å². The van der Waals surface area contributed by atoms with Crippen molar-refractivity contribution in [3.63, 3.8) is 0 Å². The highest BCUT2D eigenvalue weighted by Gasteiger charge is 2.36. The van der Waals surface area contributed by atoms with Gasteiger partial charge >= 0.3 is 18.3 Å². The second-order valence-electron chi connectivity index (χ2n) is 9.36. The molecule has 0 spiro atoms. The summed E-state index contributed by atoms with van der Waals surface area (Å²) >= 11 is 6.18. The van der Waals surface area contributed by atoms with Gasteiger partial charge < -0.3 is 15.3 Å². The zero-order valence-corrected chi connectivity index (χ0v) is 22.9. The van der Waals surface area contributed by atoms with Crippen LogP contribution in [0, 0.1) is 0 Å². The molecule has 1 saturated heterocycles. The zero-order chi connectivity index (χ0) is 30.4. The minimum absolute atomic E-state index is 0.0118. The normalized spacial score (nSPS) is 14.9. The minimum Gasteiger partial charge on any atom is -0.476 e. The van der Waals surface area contributed by atoms with Crippen LogP contribution in [0.3, 0.4) is 0 Å². The maximum absolute atomic E-state index is 12.4. The van der Waals surface area contributed by atoms with Gasteiger partial charge in [0.05, 0.1) is 17.7 Å². The maximum Gasteiger partial charge on any atom is 0.416 e. The lowest BCUT2D eigenvalue weighted by Crippen LogP contribution is -2.44. The summed E-state index contributed by atoms with van der Waals surface area (Å²) in [7, 11) is 3.53. The number of likely N-dealkylation sites (N-methyl/N-ethyl adjacent to an activating group) is 1. The number of nitrogens with zero attached hydrogens (tertiary/aromatic N) is 4. The predicted octanol–water partition coefficient (Wildman–Crippen LogP) is 5.69. The Labute approximate surface area is 237 Å². The predicted molar refractivity (Wildman–Crippen MR) is 141 cm³/mol. The van der Waals surface area contributed by atoms with Gasteiger partial charge in [-0.3, -0.25) is 4.90 Å². The van der Waals surface area contributed by atoms with Crippen LogP contribution in [-0.2, 0) is 25.4 Å². The van der Waals surface area contributed by atoms with Gasteiger partial charge in [0.1, 0.15) is 5.82 Å². The zero-order valence-electron chi connectivity index (χ0n) is 22.2. The number of carbonyl (C=O) groups is 1. The number of carboxylic acid groups (broad SMARTS) is 1. The van der Waals surface area contributed by atoms with E-state index in [0.717, 1.165) is 26.2 Å². The Balaban J connectivity index is 0.000000241. The molecule has 0 aliphatic carbocycles. The van der Waals surface area contributed by atoms with Crippen LogP contribution in [0.2, 0.25) is 5.02 Å². The molecule has 0 amide bonds. The first-order valence-corrected chi connectivity index (χ1v) is 12.7. The monoisotopic (exact) mass is 603 g/mol. The van der Waals surface area contributed by atoms with E-state index < -0.39 is 29.4 Å². The van der Waals surface area contributed by atoms with Crippen LogP contribution in [-0.4, -0.2) is 71.1 Å². The van der Waals surface area contributed by atoms with E-state index in [1.165, 1.54) is 7.05 Å². The molecule has 0 radical (unpaired) electrons. The number of carboxylic acids is 1. The highest BCUT2D eigenvalue weighted by molar-refractivity contribution is 6.33. The highest BCUT2D eigenvalue weighted by atomic mass is 35.5. The van der Waals surface area contributed by atoms with Crippen LogP contribution in [0.15, 0.2) is 48.7 Å². The van der Waals surface area contributed by atoms with Gasteiger partial charge in [0.2, 0.25) is 0 Å². The largest absolute Gasteiger partial charge is 0.476 e. The number of alkyl halides is 6. The molecule has 2 N–H and O–H groups in total. The summed E-state index contributed by atoms with van der Waals surface area (Å²) in [6, 6.07) is 8.62. The quantitative estimate of drug-likeness (QED) is 0.351. The molecule has 2 aromatic carbocycles. The summed E-state index contributed by atoms with van der Waals surface area (Å²) in [6.45, 7) is 4.32. The number of rotatable bonds is 6. The molecular formula is C27H28ClF6N5O2. The van der Waals surface area contributed by atoms with Crippen LogP contribution in [0.25, 0.3) is 11.1 Å². The van der Waals surface area contributed by atoms with Crippen LogP contribution in [0.5, 0.6) is 0 Å². The molecule has 0 atom stereocenters. The number of aromatic carboxylic acids is 1. The van der Waals surface area contributed by atoms with E-state index in [1.54, 1.807) is 24.4 Å². The second kappa shape index (κ2) is 13.6. The fourth-order valence-corrected chi connectivity index (χ4v) is 4.30. The van der Waals surface area contributed by atoms with Crippen molar-refractivity contribution < 1.29 is 36.2 Å². The maximum atomic E-state index is 12.4. The average Bonchev–Trinajstić information content (AvgIpc) is 2.90. The lowest BCUT2D eigenvalue weighted by atomic mass is 10.0. The summed E-state index contributed by atoms with van der Waals surface area (Å²) in [5.41, 5.74) is -1.59. The van der Waals surface area contributed by atoms with E-state index >= 15 is 0 Å². The summed E-state index contributed by atoms with van der Waals surface area (Å²) < 4.78 is 74.3.